The number of hydrogen-bond donors (Lipinski definition) is 1. The van der Waals surface area contributed by atoms with E-state index in [9.17, 15) is 8.42 Å². The molecule has 0 aliphatic carbocycles. The lowest BCUT2D eigenvalue weighted by atomic mass is 10.2. The van der Waals surface area contributed by atoms with Crippen LogP contribution in [0.5, 0.6) is 11.5 Å². The second-order valence-electron chi connectivity index (χ2n) is 8.33. The summed E-state index contributed by atoms with van der Waals surface area (Å²) in [5.41, 5.74) is 3.75. The van der Waals surface area contributed by atoms with Crippen molar-refractivity contribution in [3.8, 4) is 11.5 Å². The Morgan fingerprint density at radius 2 is 1.11 bits per heavy atom. The van der Waals surface area contributed by atoms with E-state index in [-0.39, 0.29) is 18.0 Å². The average Bonchev–Trinajstić information content (AvgIpc) is 2.93. The van der Waals surface area contributed by atoms with E-state index >= 15 is 0 Å². The molecule has 4 aromatic carbocycles. The summed E-state index contributed by atoms with van der Waals surface area (Å²) in [6, 6.07) is 31.8. The first-order valence-corrected chi connectivity index (χ1v) is 13.1. The van der Waals surface area contributed by atoms with Crippen LogP contribution in [0.15, 0.2) is 108 Å². The van der Waals surface area contributed by atoms with E-state index in [0.29, 0.717) is 6.54 Å². The van der Waals surface area contributed by atoms with Crippen molar-refractivity contribution in [3.05, 3.63) is 120 Å². The van der Waals surface area contributed by atoms with Crippen molar-refractivity contribution in [1.29, 1.82) is 0 Å². The lowest BCUT2D eigenvalue weighted by molar-refractivity contribution is 0.397. The Balaban J connectivity index is 1.55. The maximum absolute atomic E-state index is 13.7. The highest BCUT2D eigenvalue weighted by Crippen LogP contribution is 2.24. The molecule has 1 N–H and O–H groups in total. The average molecular weight is 503 g/mol. The lowest BCUT2D eigenvalue weighted by Gasteiger charge is -2.23. The molecule has 6 nitrogen and oxygen atoms in total. The van der Waals surface area contributed by atoms with E-state index < -0.39 is 10.0 Å². The Labute approximate surface area is 213 Å². The van der Waals surface area contributed by atoms with Crippen molar-refractivity contribution < 1.29 is 17.9 Å². The molecule has 7 heteroatoms. The van der Waals surface area contributed by atoms with Crippen LogP contribution in [-0.2, 0) is 29.7 Å². The van der Waals surface area contributed by atoms with E-state index in [1.165, 1.54) is 4.31 Å². The first-order valence-electron chi connectivity index (χ1n) is 11.6. The van der Waals surface area contributed by atoms with Gasteiger partial charge in [-0.3, -0.25) is 0 Å². The van der Waals surface area contributed by atoms with Crippen molar-refractivity contribution >= 4 is 15.7 Å². The number of rotatable bonds is 11. The van der Waals surface area contributed by atoms with Crippen LogP contribution in [0.2, 0.25) is 0 Å². The Kier molecular flexibility index (Phi) is 8.25. The first-order chi connectivity index (χ1) is 17.5. The van der Waals surface area contributed by atoms with Gasteiger partial charge in [0.15, 0.2) is 0 Å². The standard InChI is InChI=1S/C29H30N2O4S/c1-34-27-14-8-24(9-15-27)21-31(22-25-10-16-28(35-2)17-11-25)36(32,33)29-18-12-23(13-19-29)20-30-26-6-4-3-5-7-26/h3-19,30H,20-22H2,1-2H3. The molecule has 4 aromatic rings. The maximum atomic E-state index is 13.7. The van der Waals surface area contributed by atoms with Crippen LogP contribution in [-0.4, -0.2) is 26.9 Å². The number of ether oxygens (including phenoxy) is 2. The zero-order valence-corrected chi connectivity index (χ0v) is 21.2. The van der Waals surface area contributed by atoms with Crippen molar-refractivity contribution in [3.63, 3.8) is 0 Å². The molecule has 0 saturated heterocycles. The molecule has 0 aromatic heterocycles. The zero-order valence-electron chi connectivity index (χ0n) is 20.4. The molecule has 4 rings (SSSR count). The summed E-state index contributed by atoms with van der Waals surface area (Å²) < 4.78 is 39.4. The SMILES string of the molecule is COc1ccc(CN(Cc2ccc(OC)cc2)S(=O)(=O)c2ccc(CNc3ccccc3)cc2)cc1. The smallest absolute Gasteiger partial charge is 0.243 e. The van der Waals surface area contributed by atoms with Gasteiger partial charge in [-0.05, 0) is 65.2 Å². The molecule has 0 spiro atoms. The molecule has 0 heterocycles. The Morgan fingerprint density at radius 3 is 1.58 bits per heavy atom. The third-order valence-electron chi connectivity index (χ3n) is 5.87. The van der Waals surface area contributed by atoms with Gasteiger partial charge in [0.05, 0.1) is 19.1 Å². The monoisotopic (exact) mass is 502 g/mol. The van der Waals surface area contributed by atoms with Gasteiger partial charge in [-0.15, -0.1) is 0 Å². The number of methoxy groups -OCH3 is 2. The minimum Gasteiger partial charge on any atom is -0.497 e. The highest BCUT2D eigenvalue weighted by Gasteiger charge is 2.25. The van der Waals surface area contributed by atoms with Crippen molar-refractivity contribution in [1.82, 2.24) is 4.31 Å². The van der Waals surface area contributed by atoms with E-state index in [1.807, 2.05) is 91.0 Å². The fourth-order valence-electron chi connectivity index (χ4n) is 3.78. The van der Waals surface area contributed by atoms with Gasteiger partial charge in [0.25, 0.3) is 0 Å². The zero-order chi connectivity index (χ0) is 25.4. The molecule has 0 aliphatic rings. The predicted octanol–water partition coefficient (Wildman–Crippen LogP) is 5.71. The van der Waals surface area contributed by atoms with E-state index in [0.717, 1.165) is 33.9 Å². The van der Waals surface area contributed by atoms with Crippen LogP contribution in [0.3, 0.4) is 0 Å². The second-order valence-corrected chi connectivity index (χ2v) is 10.3. The fourth-order valence-corrected chi connectivity index (χ4v) is 5.20. The molecular formula is C29H30N2O4S. The number of sulfonamides is 1. The highest BCUT2D eigenvalue weighted by atomic mass is 32.2. The summed E-state index contributed by atoms with van der Waals surface area (Å²) in [6.45, 7) is 1.07. The molecule has 0 radical (unpaired) electrons. The summed E-state index contributed by atoms with van der Waals surface area (Å²) in [5, 5.41) is 3.35. The summed E-state index contributed by atoms with van der Waals surface area (Å²) in [4.78, 5) is 0.257. The summed E-state index contributed by atoms with van der Waals surface area (Å²) in [7, 11) is -0.551. The molecule has 186 valence electrons. The van der Waals surface area contributed by atoms with Crippen LogP contribution in [0.25, 0.3) is 0 Å². The van der Waals surface area contributed by atoms with E-state index in [1.54, 1.807) is 26.4 Å². The predicted molar refractivity (Wildman–Crippen MR) is 143 cm³/mol. The van der Waals surface area contributed by atoms with Gasteiger partial charge in [-0.25, -0.2) is 8.42 Å². The number of para-hydroxylation sites is 1. The molecule has 0 aliphatic heterocycles. The number of hydrogen-bond acceptors (Lipinski definition) is 5. The van der Waals surface area contributed by atoms with Crippen molar-refractivity contribution in [2.75, 3.05) is 19.5 Å². The maximum Gasteiger partial charge on any atom is 0.243 e. The van der Waals surface area contributed by atoms with Gasteiger partial charge < -0.3 is 14.8 Å². The number of nitrogens with one attached hydrogen (secondary N) is 1. The quantitative estimate of drug-likeness (QED) is 0.285. The molecule has 0 atom stereocenters. The fraction of sp³-hybridized carbons (Fsp3) is 0.172. The van der Waals surface area contributed by atoms with Crippen molar-refractivity contribution in [2.24, 2.45) is 0 Å². The van der Waals surface area contributed by atoms with E-state index in [4.69, 9.17) is 9.47 Å². The molecule has 0 saturated carbocycles. The second kappa shape index (κ2) is 11.7. The molecular weight excluding hydrogens is 472 g/mol. The molecule has 0 fully saturated rings. The van der Waals surface area contributed by atoms with Gasteiger partial charge >= 0.3 is 0 Å². The molecule has 36 heavy (non-hydrogen) atoms. The highest BCUT2D eigenvalue weighted by molar-refractivity contribution is 7.89. The number of anilines is 1. The topological polar surface area (TPSA) is 67.9 Å². The lowest BCUT2D eigenvalue weighted by Crippen LogP contribution is -2.30. The summed E-state index contributed by atoms with van der Waals surface area (Å²) in [5.74, 6) is 1.45. The van der Waals surface area contributed by atoms with Crippen LogP contribution in [0, 0.1) is 0 Å². The van der Waals surface area contributed by atoms with Crippen LogP contribution in [0.4, 0.5) is 5.69 Å². The Morgan fingerprint density at radius 1 is 0.639 bits per heavy atom. The normalized spacial score (nSPS) is 11.3. The van der Waals surface area contributed by atoms with Crippen LogP contribution < -0.4 is 14.8 Å². The van der Waals surface area contributed by atoms with Gasteiger partial charge in [-0.2, -0.15) is 4.31 Å². The third-order valence-corrected chi connectivity index (χ3v) is 7.67. The minimum absolute atomic E-state index is 0.232. The Bertz CT molecular complexity index is 1290. The molecule has 0 bridgehead atoms. The van der Waals surface area contributed by atoms with Gasteiger partial charge in [-0.1, -0.05) is 54.6 Å². The van der Waals surface area contributed by atoms with Crippen LogP contribution in [0.1, 0.15) is 16.7 Å². The van der Waals surface area contributed by atoms with Crippen LogP contribution >= 0.6 is 0 Å². The van der Waals surface area contributed by atoms with Crippen molar-refractivity contribution in [2.45, 2.75) is 24.5 Å². The number of nitrogens with zero attached hydrogens (tertiary/aromatic N) is 1. The first kappa shape index (κ1) is 25.3. The van der Waals surface area contributed by atoms with Gasteiger partial charge in [0.1, 0.15) is 11.5 Å². The summed E-state index contributed by atoms with van der Waals surface area (Å²) in [6.07, 6.45) is 0. The largest absolute Gasteiger partial charge is 0.497 e. The molecule has 0 unspecified atom stereocenters. The van der Waals surface area contributed by atoms with Gasteiger partial charge in [0.2, 0.25) is 10.0 Å². The minimum atomic E-state index is -3.76. The van der Waals surface area contributed by atoms with E-state index in [2.05, 4.69) is 5.32 Å². The third kappa shape index (κ3) is 6.44. The Hall–Kier alpha value is -3.81. The molecule has 0 amide bonds. The summed E-state index contributed by atoms with van der Waals surface area (Å²) >= 11 is 0. The van der Waals surface area contributed by atoms with Gasteiger partial charge in [0, 0.05) is 25.3 Å². The number of benzene rings is 4.